The molecule has 128 valence electrons. The number of aromatic nitrogens is 2. The molecule has 0 atom stereocenters. The lowest BCUT2D eigenvalue weighted by Gasteiger charge is -2.08. The first kappa shape index (κ1) is 16.6. The summed E-state index contributed by atoms with van der Waals surface area (Å²) < 4.78 is 6.57. The van der Waals surface area contributed by atoms with Crippen LogP contribution in [0.1, 0.15) is 18.4 Å². The molecule has 0 spiro atoms. The van der Waals surface area contributed by atoms with Crippen molar-refractivity contribution in [3.8, 4) is 0 Å². The quantitative estimate of drug-likeness (QED) is 0.768. The lowest BCUT2D eigenvalue weighted by atomic mass is 10.2. The first-order chi connectivity index (χ1) is 12.0. The Balaban J connectivity index is 1.67. The van der Waals surface area contributed by atoms with E-state index >= 15 is 0 Å². The largest absolute Gasteiger partial charge is 0.422 e. The van der Waals surface area contributed by atoms with E-state index < -0.39 is 5.63 Å². The van der Waals surface area contributed by atoms with E-state index in [1.807, 2.05) is 0 Å². The Kier molecular flexibility index (Phi) is 4.74. The minimum atomic E-state index is -0.478. The number of nitrogens with zero attached hydrogens (tertiary/aromatic N) is 2. The Morgan fingerprint density at radius 3 is 2.92 bits per heavy atom. The van der Waals surface area contributed by atoms with Crippen LogP contribution in [-0.2, 0) is 11.3 Å². The van der Waals surface area contributed by atoms with Crippen LogP contribution >= 0.6 is 0 Å². The zero-order valence-electron chi connectivity index (χ0n) is 13.7. The van der Waals surface area contributed by atoms with Gasteiger partial charge in [-0.1, -0.05) is 0 Å². The molecule has 0 aliphatic carbocycles. The van der Waals surface area contributed by atoms with Gasteiger partial charge in [0.1, 0.15) is 5.58 Å². The van der Waals surface area contributed by atoms with Gasteiger partial charge in [0.2, 0.25) is 5.91 Å². The van der Waals surface area contributed by atoms with Crippen molar-refractivity contribution in [2.45, 2.75) is 26.3 Å². The van der Waals surface area contributed by atoms with Gasteiger partial charge in [-0.3, -0.25) is 14.6 Å². The molecule has 7 heteroatoms. The number of carbonyl (C=O) groups excluding carboxylic acids is 1. The Morgan fingerprint density at radius 1 is 1.32 bits per heavy atom. The third-order valence-corrected chi connectivity index (χ3v) is 3.81. The maximum absolute atomic E-state index is 12.5. The van der Waals surface area contributed by atoms with Crippen LogP contribution in [-0.4, -0.2) is 15.5 Å². The summed E-state index contributed by atoms with van der Waals surface area (Å²) in [6.45, 7) is 2.10. The zero-order valence-corrected chi connectivity index (χ0v) is 13.7. The summed E-state index contributed by atoms with van der Waals surface area (Å²) in [6.07, 6.45) is 5.57. The summed E-state index contributed by atoms with van der Waals surface area (Å²) in [5.41, 5.74) is 0.794. The molecular formula is C18H17N3O4. The molecule has 0 fully saturated rings. The highest BCUT2D eigenvalue weighted by molar-refractivity contribution is 5.90. The Hall–Kier alpha value is -3.22. The number of carbonyl (C=O) groups is 1. The van der Waals surface area contributed by atoms with Gasteiger partial charge in [-0.2, -0.15) is 0 Å². The number of hydrogen-bond donors (Lipinski definition) is 1. The molecular weight excluding hydrogens is 322 g/mol. The number of rotatable bonds is 5. The number of nitrogens with one attached hydrogen (secondary N) is 1. The molecule has 7 nitrogen and oxygen atoms in total. The van der Waals surface area contributed by atoms with Crippen LogP contribution in [0.5, 0.6) is 0 Å². The van der Waals surface area contributed by atoms with Gasteiger partial charge in [-0.05, 0) is 37.1 Å². The standard InChI is InChI=1S/C18H17N3O4/c1-12-10-16(23)25-14-6-9-21(18(24)17(12)14)8-3-5-15(22)20-13-4-2-7-19-11-13/h2,4,6-7,9-11H,3,5,8H2,1H3,(H,20,22). The molecule has 3 heterocycles. The molecule has 0 aliphatic heterocycles. The third kappa shape index (κ3) is 3.82. The summed E-state index contributed by atoms with van der Waals surface area (Å²) in [5, 5.41) is 3.14. The minimum absolute atomic E-state index is 0.135. The van der Waals surface area contributed by atoms with Crippen molar-refractivity contribution in [3.05, 3.63) is 69.2 Å². The molecule has 1 N–H and O–H groups in total. The van der Waals surface area contributed by atoms with Crippen molar-refractivity contribution in [1.29, 1.82) is 0 Å². The van der Waals surface area contributed by atoms with Crippen molar-refractivity contribution < 1.29 is 9.21 Å². The summed E-state index contributed by atoms with van der Waals surface area (Å²) in [5.74, 6) is -0.135. The normalized spacial score (nSPS) is 10.8. The highest BCUT2D eigenvalue weighted by atomic mass is 16.4. The average molecular weight is 339 g/mol. The van der Waals surface area contributed by atoms with Crippen molar-refractivity contribution in [2.24, 2.45) is 0 Å². The van der Waals surface area contributed by atoms with Gasteiger partial charge < -0.3 is 14.3 Å². The molecule has 3 aromatic rings. The Labute approximate surface area is 142 Å². The van der Waals surface area contributed by atoms with Crippen LogP contribution in [0.15, 0.2) is 56.9 Å². The average Bonchev–Trinajstić information content (AvgIpc) is 2.57. The first-order valence-corrected chi connectivity index (χ1v) is 7.88. The summed E-state index contributed by atoms with van der Waals surface area (Å²) >= 11 is 0. The lowest BCUT2D eigenvalue weighted by Crippen LogP contribution is -2.22. The van der Waals surface area contributed by atoms with Gasteiger partial charge in [0, 0.05) is 31.4 Å². The number of hydrogen-bond acceptors (Lipinski definition) is 5. The molecule has 0 radical (unpaired) electrons. The van der Waals surface area contributed by atoms with Gasteiger partial charge in [0.15, 0.2) is 0 Å². The Bertz CT molecular complexity index is 1020. The molecule has 3 aromatic heterocycles. The molecule has 25 heavy (non-hydrogen) atoms. The van der Waals surface area contributed by atoms with Crippen LogP contribution in [0, 0.1) is 6.92 Å². The SMILES string of the molecule is Cc1cc(=O)oc2ccn(CCCC(=O)Nc3cccnc3)c(=O)c12. The topological polar surface area (TPSA) is 94.2 Å². The number of anilines is 1. The highest BCUT2D eigenvalue weighted by Crippen LogP contribution is 2.11. The van der Waals surface area contributed by atoms with Crippen LogP contribution in [0.25, 0.3) is 11.0 Å². The third-order valence-electron chi connectivity index (χ3n) is 3.81. The maximum atomic E-state index is 12.5. The second kappa shape index (κ2) is 7.12. The van der Waals surface area contributed by atoms with E-state index in [4.69, 9.17) is 4.42 Å². The minimum Gasteiger partial charge on any atom is -0.422 e. The predicted octanol–water partition coefficient (Wildman–Crippen LogP) is 2.08. The number of amides is 1. The number of pyridine rings is 2. The maximum Gasteiger partial charge on any atom is 0.336 e. The van der Waals surface area contributed by atoms with E-state index in [2.05, 4.69) is 10.3 Å². The van der Waals surface area contributed by atoms with Crippen LogP contribution in [0.4, 0.5) is 5.69 Å². The fourth-order valence-corrected chi connectivity index (χ4v) is 2.64. The summed E-state index contributed by atoms with van der Waals surface area (Å²) in [6, 6.07) is 6.40. The second-order valence-electron chi connectivity index (χ2n) is 5.70. The molecule has 0 aromatic carbocycles. The van der Waals surface area contributed by atoms with Crippen molar-refractivity contribution >= 4 is 22.6 Å². The van der Waals surface area contributed by atoms with Gasteiger partial charge in [-0.25, -0.2) is 4.79 Å². The lowest BCUT2D eigenvalue weighted by molar-refractivity contribution is -0.116. The van der Waals surface area contributed by atoms with Crippen molar-refractivity contribution in [1.82, 2.24) is 9.55 Å². The van der Waals surface area contributed by atoms with E-state index in [1.54, 1.807) is 43.7 Å². The molecule has 3 rings (SSSR count). The fourth-order valence-electron chi connectivity index (χ4n) is 2.64. The predicted molar refractivity (Wildman–Crippen MR) is 93.6 cm³/mol. The van der Waals surface area contributed by atoms with Gasteiger partial charge in [0.05, 0.1) is 17.3 Å². The van der Waals surface area contributed by atoms with Crippen LogP contribution < -0.4 is 16.5 Å². The summed E-state index contributed by atoms with van der Waals surface area (Å²) in [7, 11) is 0. The number of aryl methyl sites for hydroxylation is 2. The van der Waals surface area contributed by atoms with E-state index in [1.165, 1.54) is 10.6 Å². The molecule has 0 aliphatic rings. The molecule has 0 saturated carbocycles. The van der Waals surface area contributed by atoms with Gasteiger partial charge >= 0.3 is 5.63 Å². The zero-order chi connectivity index (χ0) is 17.8. The van der Waals surface area contributed by atoms with E-state index in [9.17, 15) is 14.4 Å². The second-order valence-corrected chi connectivity index (χ2v) is 5.70. The van der Waals surface area contributed by atoms with Crippen LogP contribution in [0.3, 0.4) is 0 Å². The van der Waals surface area contributed by atoms with E-state index in [0.717, 1.165) is 0 Å². The van der Waals surface area contributed by atoms with Gasteiger partial charge in [-0.15, -0.1) is 0 Å². The molecule has 1 amide bonds. The monoisotopic (exact) mass is 339 g/mol. The highest BCUT2D eigenvalue weighted by Gasteiger charge is 2.09. The Morgan fingerprint density at radius 2 is 2.16 bits per heavy atom. The van der Waals surface area contributed by atoms with Gasteiger partial charge in [0.25, 0.3) is 5.56 Å². The fraction of sp³-hybridized carbons (Fsp3) is 0.222. The van der Waals surface area contributed by atoms with Crippen LogP contribution in [0.2, 0.25) is 0 Å². The number of fused-ring (bicyclic) bond motifs is 1. The first-order valence-electron chi connectivity index (χ1n) is 7.88. The van der Waals surface area contributed by atoms with E-state index in [0.29, 0.717) is 29.6 Å². The molecule has 0 unspecified atom stereocenters. The molecule has 0 saturated heterocycles. The van der Waals surface area contributed by atoms with Crippen molar-refractivity contribution in [3.63, 3.8) is 0 Å². The van der Waals surface area contributed by atoms with E-state index in [-0.39, 0.29) is 23.5 Å². The smallest absolute Gasteiger partial charge is 0.336 e. The summed E-state index contributed by atoms with van der Waals surface area (Å²) in [4.78, 5) is 39.7. The molecule has 0 bridgehead atoms. The van der Waals surface area contributed by atoms with Crippen molar-refractivity contribution in [2.75, 3.05) is 5.32 Å².